The van der Waals surface area contributed by atoms with Gasteiger partial charge in [-0.1, -0.05) is 11.6 Å². The van der Waals surface area contributed by atoms with Crippen molar-refractivity contribution >= 4 is 34.8 Å². The predicted molar refractivity (Wildman–Crippen MR) is 104 cm³/mol. The molecule has 0 aliphatic heterocycles. The van der Waals surface area contributed by atoms with Gasteiger partial charge in [0, 0.05) is 29.7 Å². The summed E-state index contributed by atoms with van der Waals surface area (Å²) in [6.07, 6.45) is 0.925. The molecule has 0 aliphatic carbocycles. The van der Waals surface area contributed by atoms with Gasteiger partial charge in [0.1, 0.15) is 23.1 Å². The van der Waals surface area contributed by atoms with E-state index >= 15 is 0 Å². The maximum absolute atomic E-state index is 14.2. The van der Waals surface area contributed by atoms with Crippen LogP contribution >= 0.6 is 11.6 Å². The Bertz CT molecular complexity index is 1050. The van der Waals surface area contributed by atoms with Crippen molar-refractivity contribution in [2.75, 3.05) is 10.6 Å². The predicted octanol–water partition coefficient (Wildman–Crippen LogP) is 4.77. The van der Waals surface area contributed by atoms with Crippen molar-refractivity contribution in [1.29, 1.82) is 0 Å². The lowest BCUT2D eigenvalue weighted by Crippen LogP contribution is -2.21. The molecule has 29 heavy (non-hydrogen) atoms. The molecule has 0 saturated carbocycles. The summed E-state index contributed by atoms with van der Waals surface area (Å²) in [5.74, 6) is -2.16. The molecule has 2 amide bonds. The second-order valence-corrected chi connectivity index (χ2v) is 6.23. The third kappa shape index (κ3) is 5.98. The first-order valence-electron chi connectivity index (χ1n) is 8.33. The quantitative estimate of drug-likeness (QED) is 0.447. The molecule has 0 spiro atoms. The Labute approximate surface area is 169 Å². The molecule has 0 saturated heterocycles. The first kappa shape index (κ1) is 20.2. The Balaban J connectivity index is 1.56. The number of anilines is 2. The second kappa shape index (κ2) is 9.11. The summed E-state index contributed by atoms with van der Waals surface area (Å²) in [4.78, 5) is 27.7. The molecule has 2 aromatic carbocycles. The number of aromatic nitrogens is 1. The number of hydrogen-bond donors (Lipinski definition) is 2. The molecule has 0 atom stereocenters. The minimum Gasteiger partial charge on any atom is -0.454 e. The fraction of sp³-hybridized carbons (Fsp3) is 0.0500. The van der Waals surface area contributed by atoms with E-state index in [-0.39, 0.29) is 16.6 Å². The maximum atomic E-state index is 14.2. The monoisotopic (exact) mass is 417 g/mol. The molecule has 3 aromatic rings. The number of rotatable bonds is 6. The zero-order chi connectivity index (χ0) is 20.8. The summed E-state index contributed by atoms with van der Waals surface area (Å²) in [5, 5.41) is 5.08. The Morgan fingerprint density at radius 3 is 2.24 bits per heavy atom. The van der Waals surface area contributed by atoms with Gasteiger partial charge >= 0.3 is 0 Å². The Morgan fingerprint density at radius 2 is 1.59 bits per heavy atom. The standard InChI is InChI=1S/C20H14ClF2N3O3/c21-18-10-15(7-8-24-18)29-17-6-5-14(9-16(17)23)26-20(28)11-19(27)25-13-3-1-12(22)2-4-13/h1-10H,11H2,(H,25,27)(H,26,28). The zero-order valence-corrected chi connectivity index (χ0v) is 15.5. The lowest BCUT2D eigenvalue weighted by Gasteiger charge is -2.10. The van der Waals surface area contributed by atoms with Crippen molar-refractivity contribution < 1.29 is 23.1 Å². The molecule has 1 heterocycles. The molecule has 0 fully saturated rings. The highest BCUT2D eigenvalue weighted by Gasteiger charge is 2.12. The summed E-state index contributed by atoms with van der Waals surface area (Å²) in [6, 6.07) is 11.9. The van der Waals surface area contributed by atoms with Crippen LogP contribution < -0.4 is 15.4 Å². The molecule has 1 aromatic heterocycles. The summed E-state index contributed by atoms with van der Waals surface area (Å²) >= 11 is 5.75. The minimum atomic E-state index is -0.716. The van der Waals surface area contributed by atoms with Crippen molar-refractivity contribution in [3.05, 3.63) is 77.6 Å². The molecule has 148 valence electrons. The van der Waals surface area contributed by atoms with Gasteiger partial charge in [-0.15, -0.1) is 0 Å². The highest BCUT2D eigenvalue weighted by atomic mass is 35.5. The Hall–Kier alpha value is -3.52. The van der Waals surface area contributed by atoms with Gasteiger partial charge in [0.25, 0.3) is 0 Å². The minimum absolute atomic E-state index is 0.0701. The van der Waals surface area contributed by atoms with Crippen molar-refractivity contribution in [1.82, 2.24) is 4.98 Å². The van der Waals surface area contributed by atoms with Crippen LogP contribution in [0.3, 0.4) is 0 Å². The molecule has 0 aliphatic rings. The maximum Gasteiger partial charge on any atom is 0.233 e. The van der Waals surface area contributed by atoms with E-state index in [9.17, 15) is 18.4 Å². The number of halogens is 3. The lowest BCUT2D eigenvalue weighted by molar-refractivity contribution is -0.123. The zero-order valence-electron chi connectivity index (χ0n) is 14.8. The van der Waals surface area contributed by atoms with E-state index in [0.717, 1.165) is 6.07 Å². The number of ether oxygens (including phenoxy) is 1. The van der Waals surface area contributed by atoms with Gasteiger partial charge in [-0.2, -0.15) is 0 Å². The average molecular weight is 418 g/mol. The van der Waals surface area contributed by atoms with Crippen LogP contribution in [0.5, 0.6) is 11.5 Å². The summed E-state index contributed by atoms with van der Waals surface area (Å²) < 4.78 is 32.5. The normalized spacial score (nSPS) is 10.3. The van der Waals surface area contributed by atoms with Gasteiger partial charge in [0.15, 0.2) is 11.6 Å². The van der Waals surface area contributed by atoms with E-state index in [0.29, 0.717) is 11.4 Å². The van der Waals surface area contributed by atoms with Gasteiger partial charge in [-0.25, -0.2) is 13.8 Å². The second-order valence-electron chi connectivity index (χ2n) is 5.84. The smallest absolute Gasteiger partial charge is 0.233 e. The van der Waals surface area contributed by atoms with E-state index in [1.165, 1.54) is 54.7 Å². The van der Waals surface area contributed by atoms with Crippen LogP contribution in [0.25, 0.3) is 0 Å². The van der Waals surface area contributed by atoms with Crippen LogP contribution in [-0.2, 0) is 9.59 Å². The first-order valence-corrected chi connectivity index (χ1v) is 8.71. The van der Waals surface area contributed by atoms with Crippen molar-refractivity contribution in [3.8, 4) is 11.5 Å². The highest BCUT2D eigenvalue weighted by molar-refractivity contribution is 6.29. The van der Waals surface area contributed by atoms with Crippen LogP contribution in [0.1, 0.15) is 6.42 Å². The summed E-state index contributed by atoms with van der Waals surface area (Å²) in [7, 11) is 0. The SMILES string of the molecule is O=C(CC(=O)Nc1ccc(Oc2ccnc(Cl)c2)c(F)c1)Nc1ccc(F)cc1. The van der Waals surface area contributed by atoms with Gasteiger partial charge in [0.05, 0.1) is 0 Å². The number of benzene rings is 2. The Kier molecular flexibility index (Phi) is 6.36. The van der Waals surface area contributed by atoms with E-state index in [1.54, 1.807) is 0 Å². The number of pyridine rings is 1. The fourth-order valence-electron chi connectivity index (χ4n) is 2.33. The molecule has 3 rings (SSSR count). The van der Waals surface area contributed by atoms with Gasteiger partial charge < -0.3 is 15.4 Å². The molecule has 2 N–H and O–H groups in total. The number of amides is 2. The molecular formula is C20H14ClF2N3O3. The number of nitrogens with one attached hydrogen (secondary N) is 2. The highest BCUT2D eigenvalue weighted by Crippen LogP contribution is 2.27. The third-order valence-electron chi connectivity index (χ3n) is 3.59. The van der Waals surface area contributed by atoms with E-state index in [2.05, 4.69) is 15.6 Å². The molecule has 6 nitrogen and oxygen atoms in total. The van der Waals surface area contributed by atoms with Gasteiger partial charge in [0.2, 0.25) is 11.8 Å². The molecule has 0 radical (unpaired) electrons. The van der Waals surface area contributed by atoms with E-state index in [1.807, 2.05) is 0 Å². The molecule has 0 bridgehead atoms. The first-order chi connectivity index (χ1) is 13.9. The number of hydrogen-bond acceptors (Lipinski definition) is 4. The number of carbonyl (C=O) groups is 2. The van der Waals surface area contributed by atoms with Crippen LogP contribution in [-0.4, -0.2) is 16.8 Å². The summed E-state index contributed by atoms with van der Waals surface area (Å²) in [6.45, 7) is 0. The lowest BCUT2D eigenvalue weighted by atomic mass is 10.2. The third-order valence-corrected chi connectivity index (χ3v) is 3.80. The van der Waals surface area contributed by atoms with Crippen LogP contribution in [0.15, 0.2) is 60.8 Å². The molecule has 9 heteroatoms. The Morgan fingerprint density at radius 1 is 0.931 bits per heavy atom. The van der Waals surface area contributed by atoms with Gasteiger partial charge in [-0.3, -0.25) is 9.59 Å². The van der Waals surface area contributed by atoms with Crippen LogP contribution in [0, 0.1) is 11.6 Å². The average Bonchev–Trinajstić information content (AvgIpc) is 2.66. The van der Waals surface area contributed by atoms with E-state index in [4.69, 9.17) is 16.3 Å². The van der Waals surface area contributed by atoms with E-state index < -0.39 is 29.9 Å². The summed E-state index contributed by atoms with van der Waals surface area (Å²) in [5.41, 5.74) is 0.509. The van der Waals surface area contributed by atoms with Gasteiger partial charge in [-0.05, 0) is 42.5 Å². The van der Waals surface area contributed by atoms with Crippen molar-refractivity contribution in [2.45, 2.75) is 6.42 Å². The molecular weight excluding hydrogens is 404 g/mol. The topological polar surface area (TPSA) is 80.3 Å². The number of nitrogens with zero attached hydrogens (tertiary/aromatic N) is 1. The van der Waals surface area contributed by atoms with Crippen LogP contribution in [0.2, 0.25) is 5.15 Å². The van der Waals surface area contributed by atoms with Crippen molar-refractivity contribution in [3.63, 3.8) is 0 Å². The number of carbonyl (C=O) groups excluding carboxylic acids is 2. The molecule has 0 unspecified atom stereocenters. The largest absolute Gasteiger partial charge is 0.454 e. The van der Waals surface area contributed by atoms with Crippen molar-refractivity contribution in [2.24, 2.45) is 0 Å². The van der Waals surface area contributed by atoms with Crippen LogP contribution in [0.4, 0.5) is 20.2 Å². The fourth-order valence-corrected chi connectivity index (χ4v) is 2.49.